The van der Waals surface area contributed by atoms with Gasteiger partial charge < -0.3 is 0 Å². The highest BCUT2D eigenvalue weighted by molar-refractivity contribution is 6.98. The van der Waals surface area contributed by atoms with E-state index in [0.29, 0.717) is 5.92 Å². The number of hydrogen-bond acceptors (Lipinski definition) is 4. The first-order valence-corrected chi connectivity index (χ1v) is 4.19. The van der Waals surface area contributed by atoms with Crippen molar-refractivity contribution in [1.29, 1.82) is 0 Å². The van der Waals surface area contributed by atoms with E-state index in [1.165, 1.54) is 0 Å². The molecule has 10 heavy (non-hydrogen) atoms. The van der Waals surface area contributed by atoms with Crippen LogP contribution in [0, 0.1) is 0 Å². The summed E-state index contributed by atoms with van der Waals surface area (Å²) in [5, 5.41) is 3.77. The summed E-state index contributed by atoms with van der Waals surface area (Å²) >= 11 is 1.16. The number of nitrogens with zero attached hydrogens (tertiary/aromatic N) is 3. The summed E-state index contributed by atoms with van der Waals surface area (Å²) in [6.45, 7) is 8.09. The van der Waals surface area contributed by atoms with Gasteiger partial charge in [-0.2, -0.15) is 4.37 Å². The molecule has 0 saturated carbocycles. The molecule has 0 radical (unpaired) electrons. The Kier molecular flexibility index (Phi) is 5.02. The molecule has 0 unspecified atom stereocenters. The van der Waals surface area contributed by atoms with E-state index in [-0.39, 0.29) is 0 Å². The van der Waals surface area contributed by atoms with Crippen molar-refractivity contribution < 1.29 is 0 Å². The van der Waals surface area contributed by atoms with Gasteiger partial charge in [0.2, 0.25) is 0 Å². The Morgan fingerprint density at radius 1 is 1.30 bits per heavy atom. The Bertz CT molecular complexity index is 148. The molecule has 0 fully saturated rings. The van der Waals surface area contributed by atoms with Crippen LogP contribution in [-0.2, 0) is 0 Å². The lowest BCUT2D eigenvalue weighted by molar-refractivity contribution is 0.781. The Morgan fingerprint density at radius 3 is 2.10 bits per heavy atom. The van der Waals surface area contributed by atoms with Gasteiger partial charge in [0.1, 0.15) is 0 Å². The predicted octanol–water partition coefficient (Wildman–Crippen LogP) is 2.08. The Hall–Kier alpha value is -0.510. The zero-order chi connectivity index (χ0) is 7.98. The van der Waals surface area contributed by atoms with Crippen LogP contribution in [0.15, 0.2) is 0 Å². The van der Waals surface area contributed by atoms with E-state index >= 15 is 0 Å². The highest BCUT2D eigenvalue weighted by Crippen LogP contribution is 2.05. The van der Waals surface area contributed by atoms with Crippen LogP contribution in [0.2, 0.25) is 0 Å². The predicted molar refractivity (Wildman–Crippen MR) is 43.1 cm³/mol. The third kappa shape index (κ3) is 2.87. The molecule has 0 spiro atoms. The Morgan fingerprint density at radius 2 is 1.90 bits per heavy atom. The van der Waals surface area contributed by atoms with Crippen molar-refractivity contribution in [3.8, 4) is 0 Å². The molecule has 1 heterocycles. The zero-order valence-corrected chi connectivity index (χ0v) is 7.64. The fourth-order valence-electron chi connectivity index (χ4n) is 0.359. The minimum Gasteiger partial charge on any atom is -0.156 e. The summed E-state index contributed by atoms with van der Waals surface area (Å²) in [4.78, 5) is 0. The number of hydrogen-bond donors (Lipinski definition) is 0. The smallest absolute Gasteiger partial charge is 0.156 e. The van der Waals surface area contributed by atoms with Crippen molar-refractivity contribution in [2.45, 2.75) is 33.6 Å². The molecule has 58 valence electrons. The molecule has 1 aromatic rings. The van der Waals surface area contributed by atoms with Crippen LogP contribution in [0.3, 0.4) is 0 Å². The van der Waals surface area contributed by atoms with Crippen molar-refractivity contribution in [2.24, 2.45) is 0 Å². The average Bonchev–Trinajstić information content (AvgIpc) is 2.42. The Balaban J connectivity index is 0.000000371. The van der Waals surface area contributed by atoms with Gasteiger partial charge in [-0.1, -0.05) is 32.2 Å². The van der Waals surface area contributed by atoms with E-state index in [1.807, 2.05) is 27.7 Å². The van der Waals surface area contributed by atoms with Crippen molar-refractivity contribution in [3.63, 3.8) is 0 Å². The zero-order valence-electron chi connectivity index (χ0n) is 6.83. The summed E-state index contributed by atoms with van der Waals surface area (Å²) in [6, 6.07) is 0. The molecule has 0 saturated heterocycles. The van der Waals surface area contributed by atoms with Gasteiger partial charge in [0, 0.05) is 5.92 Å². The highest BCUT2D eigenvalue weighted by atomic mass is 32.1. The van der Waals surface area contributed by atoms with Crippen LogP contribution >= 0.6 is 11.7 Å². The van der Waals surface area contributed by atoms with E-state index in [9.17, 15) is 0 Å². The second-order valence-electron chi connectivity index (χ2n) is 1.87. The quantitative estimate of drug-likeness (QED) is 0.629. The van der Waals surface area contributed by atoms with Crippen LogP contribution in [0.1, 0.15) is 39.4 Å². The first kappa shape index (κ1) is 9.49. The van der Waals surface area contributed by atoms with Gasteiger partial charge in [0.15, 0.2) is 5.82 Å². The van der Waals surface area contributed by atoms with Gasteiger partial charge in [-0.15, -0.1) is 5.10 Å². The third-order valence-corrected chi connectivity index (χ3v) is 1.25. The highest BCUT2D eigenvalue weighted by Gasteiger charge is 2.01. The van der Waals surface area contributed by atoms with E-state index in [0.717, 1.165) is 17.6 Å². The fourth-order valence-corrected chi connectivity index (χ4v) is 0.847. The monoisotopic (exact) mass is 159 g/mol. The molecule has 0 bridgehead atoms. The molecule has 3 nitrogen and oxygen atoms in total. The summed E-state index contributed by atoms with van der Waals surface area (Å²) < 4.78 is 7.56. The lowest BCUT2D eigenvalue weighted by Crippen LogP contribution is -1.88. The maximum absolute atomic E-state index is 3.94. The second kappa shape index (κ2) is 5.29. The van der Waals surface area contributed by atoms with Crippen LogP contribution < -0.4 is 0 Å². The van der Waals surface area contributed by atoms with Gasteiger partial charge in [0.25, 0.3) is 0 Å². The van der Waals surface area contributed by atoms with Crippen LogP contribution in [0.4, 0.5) is 0 Å². The van der Waals surface area contributed by atoms with Gasteiger partial charge >= 0.3 is 0 Å². The van der Waals surface area contributed by atoms with E-state index in [4.69, 9.17) is 0 Å². The van der Waals surface area contributed by atoms with Crippen molar-refractivity contribution in [2.75, 3.05) is 0 Å². The van der Waals surface area contributed by atoms with E-state index < -0.39 is 0 Å². The normalized spacial score (nSPS) is 8.90. The van der Waals surface area contributed by atoms with Gasteiger partial charge in [-0.3, -0.25) is 0 Å². The first-order valence-electron chi connectivity index (χ1n) is 3.46. The second-order valence-corrected chi connectivity index (χ2v) is 2.38. The van der Waals surface area contributed by atoms with Crippen LogP contribution in [0.25, 0.3) is 0 Å². The van der Waals surface area contributed by atoms with E-state index in [1.54, 1.807) is 0 Å². The lowest BCUT2D eigenvalue weighted by atomic mass is 10.2. The van der Waals surface area contributed by atoms with Crippen molar-refractivity contribution in [1.82, 2.24) is 14.0 Å². The standard InChI is InChI=1S/C4H7N3S.C2H6/c1-3(2)4-5-7-8-6-4;1-2/h3H,1-2H3;1-2H3. The van der Waals surface area contributed by atoms with E-state index in [2.05, 4.69) is 14.0 Å². The number of aromatic nitrogens is 3. The van der Waals surface area contributed by atoms with Crippen molar-refractivity contribution in [3.05, 3.63) is 5.82 Å². The number of rotatable bonds is 1. The Labute approximate surface area is 65.8 Å². The first-order chi connectivity index (χ1) is 4.80. The molecular weight excluding hydrogens is 146 g/mol. The summed E-state index contributed by atoms with van der Waals surface area (Å²) in [6.07, 6.45) is 0. The molecule has 0 N–H and O–H groups in total. The fraction of sp³-hybridized carbons (Fsp3) is 0.833. The summed E-state index contributed by atoms with van der Waals surface area (Å²) in [5.74, 6) is 1.25. The molecule has 0 amide bonds. The largest absolute Gasteiger partial charge is 0.168 e. The molecule has 0 aliphatic rings. The molecule has 4 heteroatoms. The molecule has 0 aliphatic heterocycles. The molecule has 1 aromatic heterocycles. The molecule has 0 aromatic carbocycles. The van der Waals surface area contributed by atoms with Gasteiger partial charge in [0.05, 0.1) is 11.7 Å². The van der Waals surface area contributed by atoms with Crippen LogP contribution in [0.5, 0.6) is 0 Å². The molecular formula is C6H13N3S. The topological polar surface area (TPSA) is 38.7 Å². The molecule has 1 rings (SSSR count). The average molecular weight is 159 g/mol. The van der Waals surface area contributed by atoms with Gasteiger partial charge in [-0.25, -0.2) is 0 Å². The lowest BCUT2D eigenvalue weighted by Gasteiger charge is -1.90. The third-order valence-electron chi connectivity index (χ3n) is 0.831. The molecule has 0 aliphatic carbocycles. The maximum Gasteiger partial charge on any atom is 0.168 e. The van der Waals surface area contributed by atoms with Gasteiger partial charge in [-0.05, 0) is 0 Å². The summed E-state index contributed by atoms with van der Waals surface area (Å²) in [5.41, 5.74) is 0. The minimum atomic E-state index is 0.411. The SMILES string of the molecule is CC.CC(C)c1nnsn1. The summed E-state index contributed by atoms with van der Waals surface area (Å²) in [7, 11) is 0. The van der Waals surface area contributed by atoms with Crippen LogP contribution in [-0.4, -0.2) is 14.0 Å². The van der Waals surface area contributed by atoms with Crippen molar-refractivity contribution >= 4 is 11.7 Å². The maximum atomic E-state index is 3.94. The minimum absolute atomic E-state index is 0.411. The molecule has 0 atom stereocenters.